The van der Waals surface area contributed by atoms with Crippen LogP contribution in [0.25, 0.3) is 0 Å². The predicted molar refractivity (Wildman–Crippen MR) is 88.8 cm³/mol. The van der Waals surface area contributed by atoms with E-state index in [-0.39, 0.29) is 0 Å². The highest BCUT2D eigenvalue weighted by molar-refractivity contribution is 6.30. The molecule has 0 heterocycles. The molecule has 0 aliphatic heterocycles. The fourth-order valence-electron chi connectivity index (χ4n) is 1.99. The van der Waals surface area contributed by atoms with Gasteiger partial charge in [-0.1, -0.05) is 48.9 Å². The van der Waals surface area contributed by atoms with Crippen LogP contribution in [0.3, 0.4) is 0 Å². The molecule has 0 aliphatic carbocycles. The molecule has 1 N–H and O–H groups in total. The summed E-state index contributed by atoms with van der Waals surface area (Å²) in [5.74, 6) is 0.888. The Morgan fingerprint density at radius 3 is 2.62 bits per heavy atom. The average molecular weight is 304 g/mol. The van der Waals surface area contributed by atoms with E-state index >= 15 is 0 Å². The van der Waals surface area contributed by atoms with E-state index in [0.29, 0.717) is 12.6 Å². The van der Waals surface area contributed by atoms with Gasteiger partial charge in [0.15, 0.2) is 0 Å². The molecule has 0 aliphatic rings. The summed E-state index contributed by atoms with van der Waals surface area (Å²) in [6.45, 7) is 5.68. The molecule has 0 radical (unpaired) electrons. The summed E-state index contributed by atoms with van der Waals surface area (Å²) in [5.41, 5.74) is 2.26. The van der Waals surface area contributed by atoms with Crippen molar-refractivity contribution in [1.29, 1.82) is 0 Å². The molecule has 112 valence electrons. The lowest BCUT2D eigenvalue weighted by Gasteiger charge is -2.15. The van der Waals surface area contributed by atoms with E-state index in [4.69, 9.17) is 16.3 Å². The topological polar surface area (TPSA) is 21.3 Å². The van der Waals surface area contributed by atoms with Gasteiger partial charge in [0.05, 0.1) is 0 Å². The standard InChI is InChI=1S/C18H22ClNO/c1-3-14(2)20-12-16-11-17(19)9-10-18(16)21-13-15-7-5-4-6-8-15/h4-11,14,20H,3,12-13H2,1-2H3/t14-/m1/s1. The van der Waals surface area contributed by atoms with Gasteiger partial charge in [0, 0.05) is 23.2 Å². The van der Waals surface area contributed by atoms with Gasteiger partial charge in [0.2, 0.25) is 0 Å². The Hall–Kier alpha value is -1.51. The van der Waals surface area contributed by atoms with E-state index in [2.05, 4.69) is 31.3 Å². The summed E-state index contributed by atoms with van der Waals surface area (Å²) in [6.07, 6.45) is 1.10. The lowest BCUT2D eigenvalue weighted by molar-refractivity contribution is 0.301. The van der Waals surface area contributed by atoms with Crippen molar-refractivity contribution in [1.82, 2.24) is 5.32 Å². The molecule has 0 fully saturated rings. The van der Waals surface area contributed by atoms with Crippen LogP contribution in [0, 0.1) is 0 Å². The Labute approximate surface area is 132 Å². The molecule has 2 nitrogen and oxygen atoms in total. The van der Waals surface area contributed by atoms with Gasteiger partial charge in [0.25, 0.3) is 0 Å². The maximum absolute atomic E-state index is 6.10. The minimum atomic E-state index is 0.478. The third kappa shape index (κ3) is 5.07. The zero-order valence-corrected chi connectivity index (χ0v) is 13.4. The smallest absolute Gasteiger partial charge is 0.124 e. The number of hydrogen-bond acceptors (Lipinski definition) is 2. The zero-order valence-electron chi connectivity index (χ0n) is 12.6. The molecule has 0 bridgehead atoms. The first kappa shape index (κ1) is 15.9. The van der Waals surface area contributed by atoms with Crippen molar-refractivity contribution in [2.24, 2.45) is 0 Å². The molecule has 0 amide bonds. The Morgan fingerprint density at radius 1 is 1.14 bits per heavy atom. The van der Waals surface area contributed by atoms with Gasteiger partial charge in [-0.05, 0) is 37.1 Å². The van der Waals surface area contributed by atoms with Crippen LogP contribution in [-0.2, 0) is 13.2 Å². The highest BCUT2D eigenvalue weighted by atomic mass is 35.5. The van der Waals surface area contributed by atoms with Crippen molar-refractivity contribution < 1.29 is 4.74 Å². The molecule has 2 aromatic carbocycles. The van der Waals surface area contributed by atoms with Crippen LogP contribution in [0.15, 0.2) is 48.5 Å². The second kappa shape index (κ2) is 8.06. The minimum Gasteiger partial charge on any atom is -0.489 e. The number of ether oxygens (including phenoxy) is 1. The number of benzene rings is 2. The number of hydrogen-bond donors (Lipinski definition) is 1. The summed E-state index contributed by atoms with van der Waals surface area (Å²) in [6, 6.07) is 16.4. The maximum atomic E-state index is 6.10. The number of nitrogens with one attached hydrogen (secondary N) is 1. The first-order chi connectivity index (χ1) is 10.2. The second-order valence-electron chi connectivity index (χ2n) is 5.22. The van der Waals surface area contributed by atoms with Crippen molar-refractivity contribution in [3.8, 4) is 5.75 Å². The van der Waals surface area contributed by atoms with E-state index in [0.717, 1.165) is 34.9 Å². The first-order valence-electron chi connectivity index (χ1n) is 7.37. The Bertz CT molecular complexity index is 556. The fourth-order valence-corrected chi connectivity index (χ4v) is 2.19. The van der Waals surface area contributed by atoms with Gasteiger partial charge in [-0.3, -0.25) is 0 Å². The van der Waals surface area contributed by atoms with Gasteiger partial charge in [-0.15, -0.1) is 0 Å². The van der Waals surface area contributed by atoms with E-state index in [1.54, 1.807) is 0 Å². The Kier molecular flexibility index (Phi) is 6.09. The third-order valence-electron chi connectivity index (χ3n) is 3.51. The van der Waals surface area contributed by atoms with Crippen LogP contribution >= 0.6 is 11.6 Å². The van der Waals surface area contributed by atoms with Crippen LogP contribution < -0.4 is 10.1 Å². The summed E-state index contributed by atoms with van der Waals surface area (Å²) < 4.78 is 5.95. The van der Waals surface area contributed by atoms with Gasteiger partial charge in [0.1, 0.15) is 12.4 Å². The monoisotopic (exact) mass is 303 g/mol. The van der Waals surface area contributed by atoms with Crippen LogP contribution in [0.2, 0.25) is 5.02 Å². The van der Waals surface area contributed by atoms with E-state index in [1.165, 1.54) is 0 Å². The molecule has 2 rings (SSSR count). The van der Waals surface area contributed by atoms with Crippen molar-refractivity contribution >= 4 is 11.6 Å². The molecule has 0 aromatic heterocycles. The summed E-state index contributed by atoms with van der Waals surface area (Å²) >= 11 is 6.10. The number of rotatable bonds is 7. The molecule has 21 heavy (non-hydrogen) atoms. The molecular formula is C18H22ClNO. The number of halogens is 1. The quantitative estimate of drug-likeness (QED) is 0.793. The van der Waals surface area contributed by atoms with Crippen molar-refractivity contribution in [2.75, 3.05) is 0 Å². The zero-order chi connectivity index (χ0) is 15.1. The van der Waals surface area contributed by atoms with Crippen molar-refractivity contribution in [2.45, 2.75) is 39.5 Å². The normalized spacial score (nSPS) is 12.1. The van der Waals surface area contributed by atoms with Crippen LogP contribution in [0.4, 0.5) is 0 Å². The van der Waals surface area contributed by atoms with E-state index < -0.39 is 0 Å². The van der Waals surface area contributed by atoms with Gasteiger partial charge in [-0.2, -0.15) is 0 Å². The van der Waals surface area contributed by atoms with E-state index in [9.17, 15) is 0 Å². The Balaban J connectivity index is 2.04. The van der Waals surface area contributed by atoms with Crippen molar-refractivity contribution in [3.05, 3.63) is 64.7 Å². The Morgan fingerprint density at radius 2 is 1.90 bits per heavy atom. The second-order valence-corrected chi connectivity index (χ2v) is 5.65. The molecule has 1 atom stereocenters. The van der Waals surface area contributed by atoms with Gasteiger partial charge in [-0.25, -0.2) is 0 Å². The molecule has 3 heteroatoms. The van der Waals surface area contributed by atoms with Crippen LogP contribution in [-0.4, -0.2) is 6.04 Å². The molecule has 0 spiro atoms. The van der Waals surface area contributed by atoms with Crippen molar-refractivity contribution in [3.63, 3.8) is 0 Å². The SMILES string of the molecule is CC[C@@H](C)NCc1cc(Cl)ccc1OCc1ccccc1. The third-order valence-corrected chi connectivity index (χ3v) is 3.75. The van der Waals surface area contributed by atoms with Crippen LogP contribution in [0.5, 0.6) is 5.75 Å². The highest BCUT2D eigenvalue weighted by Gasteiger charge is 2.07. The minimum absolute atomic E-state index is 0.478. The van der Waals surface area contributed by atoms with Crippen LogP contribution in [0.1, 0.15) is 31.4 Å². The fraction of sp³-hybridized carbons (Fsp3) is 0.333. The maximum Gasteiger partial charge on any atom is 0.124 e. The van der Waals surface area contributed by atoms with Gasteiger partial charge < -0.3 is 10.1 Å². The van der Waals surface area contributed by atoms with Gasteiger partial charge >= 0.3 is 0 Å². The summed E-state index contributed by atoms with van der Waals surface area (Å²) in [5, 5.41) is 4.21. The average Bonchev–Trinajstić information content (AvgIpc) is 2.52. The lowest BCUT2D eigenvalue weighted by Crippen LogP contribution is -2.24. The summed E-state index contributed by atoms with van der Waals surface area (Å²) in [7, 11) is 0. The molecule has 2 aromatic rings. The summed E-state index contributed by atoms with van der Waals surface area (Å²) in [4.78, 5) is 0. The lowest BCUT2D eigenvalue weighted by atomic mass is 10.1. The largest absolute Gasteiger partial charge is 0.489 e. The molecule has 0 unspecified atom stereocenters. The molecular weight excluding hydrogens is 282 g/mol. The molecule has 0 saturated heterocycles. The first-order valence-corrected chi connectivity index (χ1v) is 7.75. The predicted octanol–water partition coefficient (Wildman–Crippen LogP) is 4.81. The highest BCUT2D eigenvalue weighted by Crippen LogP contribution is 2.24. The van der Waals surface area contributed by atoms with E-state index in [1.807, 2.05) is 36.4 Å². The molecule has 0 saturated carbocycles.